The van der Waals surface area contributed by atoms with Crippen molar-refractivity contribution >= 4 is 23.9 Å². The maximum absolute atomic E-state index is 12.6. The Labute approximate surface area is 185 Å². The molecule has 0 saturated heterocycles. The molecule has 32 heavy (non-hydrogen) atoms. The molecule has 4 aliphatic carbocycles. The minimum Gasteiger partial charge on any atom is -0.465 e. The summed E-state index contributed by atoms with van der Waals surface area (Å²) in [7, 11) is 5.00. The van der Waals surface area contributed by atoms with Crippen molar-refractivity contribution in [3.63, 3.8) is 0 Å². The van der Waals surface area contributed by atoms with Crippen molar-refractivity contribution in [3.05, 3.63) is 68.8 Å². The SMILES string of the molecule is COC(=O)c1c2ccc(c1C(=O)OC)CCc1ccc(c(C(=O)OC)c1C(=O)OC)CC2. The van der Waals surface area contributed by atoms with E-state index in [1.54, 1.807) is 24.3 Å². The number of benzene rings is 2. The van der Waals surface area contributed by atoms with Gasteiger partial charge in [0, 0.05) is 0 Å². The molecular formula is C24H24O8. The van der Waals surface area contributed by atoms with Gasteiger partial charge in [0.2, 0.25) is 0 Å². The van der Waals surface area contributed by atoms with Crippen LogP contribution in [0, 0.1) is 0 Å². The van der Waals surface area contributed by atoms with Crippen LogP contribution in [0.3, 0.4) is 0 Å². The molecule has 0 unspecified atom stereocenters. The quantitative estimate of drug-likeness (QED) is 0.528. The van der Waals surface area contributed by atoms with Crippen LogP contribution in [-0.4, -0.2) is 52.3 Å². The van der Waals surface area contributed by atoms with Crippen LogP contribution in [0.5, 0.6) is 0 Å². The van der Waals surface area contributed by atoms with Crippen LogP contribution in [0.1, 0.15) is 63.7 Å². The average molecular weight is 440 g/mol. The number of carbonyl (C=O) groups is 4. The molecule has 4 bridgehead atoms. The van der Waals surface area contributed by atoms with E-state index in [0.29, 0.717) is 47.9 Å². The molecule has 8 heteroatoms. The Kier molecular flexibility index (Phi) is 6.92. The smallest absolute Gasteiger partial charge is 0.339 e. The van der Waals surface area contributed by atoms with Crippen LogP contribution < -0.4 is 0 Å². The molecule has 4 aliphatic rings. The van der Waals surface area contributed by atoms with Crippen LogP contribution in [0.25, 0.3) is 0 Å². The summed E-state index contributed by atoms with van der Waals surface area (Å²) in [5.74, 6) is -2.57. The number of aryl methyl sites for hydroxylation is 4. The van der Waals surface area contributed by atoms with Gasteiger partial charge >= 0.3 is 23.9 Å². The van der Waals surface area contributed by atoms with Crippen molar-refractivity contribution in [3.8, 4) is 0 Å². The lowest BCUT2D eigenvalue weighted by Crippen LogP contribution is -2.21. The van der Waals surface area contributed by atoms with Gasteiger partial charge in [-0.3, -0.25) is 0 Å². The van der Waals surface area contributed by atoms with Gasteiger partial charge in [-0.05, 0) is 47.9 Å². The summed E-state index contributed by atoms with van der Waals surface area (Å²) < 4.78 is 19.8. The Bertz CT molecular complexity index is 926. The van der Waals surface area contributed by atoms with Crippen LogP contribution in [0.15, 0.2) is 24.3 Å². The molecule has 0 radical (unpaired) electrons. The van der Waals surface area contributed by atoms with Crippen molar-refractivity contribution < 1.29 is 38.1 Å². The number of rotatable bonds is 4. The molecule has 2 aromatic carbocycles. The molecular weight excluding hydrogens is 416 g/mol. The number of esters is 4. The summed E-state index contributed by atoms with van der Waals surface area (Å²) in [5, 5.41) is 0. The molecule has 6 rings (SSSR count). The van der Waals surface area contributed by atoms with E-state index in [2.05, 4.69) is 0 Å². The summed E-state index contributed by atoms with van der Waals surface area (Å²) in [6.07, 6.45) is 1.22. The molecule has 2 aromatic rings. The maximum Gasteiger partial charge on any atom is 0.339 e. The monoisotopic (exact) mass is 440 g/mol. The van der Waals surface area contributed by atoms with E-state index in [9.17, 15) is 19.2 Å². The van der Waals surface area contributed by atoms with Gasteiger partial charge in [-0.25, -0.2) is 19.2 Å². The normalized spacial score (nSPS) is 12.4. The Hall–Kier alpha value is -3.68. The molecule has 168 valence electrons. The molecule has 0 amide bonds. The Morgan fingerprint density at radius 3 is 0.812 bits per heavy atom. The van der Waals surface area contributed by atoms with Gasteiger partial charge in [-0.1, -0.05) is 24.3 Å². The molecule has 0 atom stereocenters. The van der Waals surface area contributed by atoms with Crippen molar-refractivity contribution in [2.45, 2.75) is 25.7 Å². The zero-order valence-corrected chi connectivity index (χ0v) is 18.4. The summed E-state index contributed by atoms with van der Waals surface area (Å²) in [4.78, 5) is 50.5. The predicted molar refractivity (Wildman–Crippen MR) is 113 cm³/mol. The number of carbonyl (C=O) groups excluding carboxylic acids is 4. The fraction of sp³-hybridized carbons (Fsp3) is 0.333. The number of hydrogen-bond acceptors (Lipinski definition) is 8. The van der Waals surface area contributed by atoms with Gasteiger partial charge in [-0.15, -0.1) is 0 Å². The summed E-state index contributed by atoms with van der Waals surface area (Å²) >= 11 is 0. The topological polar surface area (TPSA) is 105 Å². The van der Waals surface area contributed by atoms with E-state index >= 15 is 0 Å². The molecule has 0 aromatic heterocycles. The first-order valence-corrected chi connectivity index (χ1v) is 10.0. The second-order valence-electron chi connectivity index (χ2n) is 7.23. The van der Waals surface area contributed by atoms with Gasteiger partial charge in [0.1, 0.15) is 0 Å². The van der Waals surface area contributed by atoms with E-state index < -0.39 is 23.9 Å². The third-order valence-corrected chi connectivity index (χ3v) is 5.64. The average Bonchev–Trinajstić information content (AvgIpc) is 2.82. The van der Waals surface area contributed by atoms with Gasteiger partial charge < -0.3 is 18.9 Å². The van der Waals surface area contributed by atoms with E-state index in [1.807, 2.05) is 0 Å². The number of ether oxygens (including phenoxy) is 4. The van der Waals surface area contributed by atoms with Crippen molar-refractivity contribution in [2.75, 3.05) is 28.4 Å². The fourth-order valence-corrected chi connectivity index (χ4v) is 4.09. The van der Waals surface area contributed by atoms with E-state index in [1.165, 1.54) is 28.4 Å². The van der Waals surface area contributed by atoms with Crippen LogP contribution in [0.4, 0.5) is 0 Å². The molecule has 0 saturated carbocycles. The van der Waals surface area contributed by atoms with Gasteiger partial charge in [-0.2, -0.15) is 0 Å². The molecule has 0 N–H and O–H groups in total. The highest BCUT2D eigenvalue weighted by Crippen LogP contribution is 2.29. The molecule has 0 spiro atoms. The standard InChI is InChI=1S/C24H24O8/c1-29-21(25)17-13-5-6-14(18(17)22(26)30-2)11-12-16-8-7-15(10-9-13)19(23(27)31-3)20(16)24(28)32-4/h5-8H,9-12H2,1-4H3. The Morgan fingerprint density at radius 2 is 0.656 bits per heavy atom. The van der Waals surface area contributed by atoms with Crippen molar-refractivity contribution in [1.82, 2.24) is 0 Å². The van der Waals surface area contributed by atoms with E-state index in [4.69, 9.17) is 18.9 Å². The largest absolute Gasteiger partial charge is 0.465 e. The maximum atomic E-state index is 12.6. The lowest BCUT2D eigenvalue weighted by Gasteiger charge is -2.20. The van der Waals surface area contributed by atoms with E-state index in [0.717, 1.165) is 0 Å². The second kappa shape index (κ2) is 9.64. The first-order chi connectivity index (χ1) is 15.4. The van der Waals surface area contributed by atoms with Crippen LogP contribution >= 0.6 is 0 Å². The highest BCUT2D eigenvalue weighted by atomic mass is 16.5. The zero-order chi connectivity index (χ0) is 23.4. The predicted octanol–water partition coefficient (Wildman–Crippen LogP) is 2.72. The van der Waals surface area contributed by atoms with Crippen molar-refractivity contribution in [1.29, 1.82) is 0 Å². The first kappa shape index (κ1) is 23.0. The lowest BCUT2D eigenvalue weighted by molar-refractivity contribution is 0.0551. The second-order valence-corrected chi connectivity index (χ2v) is 7.23. The minimum absolute atomic E-state index is 0.152. The highest BCUT2D eigenvalue weighted by molar-refractivity contribution is 6.06. The summed E-state index contributed by atoms with van der Waals surface area (Å²) in [6.45, 7) is 0. The summed E-state index contributed by atoms with van der Waals surface area (Å²) in [5.41, 5.74) is 2.89. The molecule has 8 nitrogen and oxygen atoms in total. The molecule has 0 heterocycles. The van der Waals surface area contributed by atoms with Gasteiger partial charge in [0.15, 0.2) is 0 Å². The van der Waals surface area contributed by atoms with Gasteiger partial charge in [0.05, 0.1) is 50.7 Å². The third kappa shape index (κ3) is 4.08. The molecule has 0 fully saturated rings. The number of hydrogen-bond donors (Lipinski definition) is 0. The highest BCUT2D eigenvalue weighted by Gasteiger charge is 2.30. The van der Waals surface area contributed by atoms with Crippen LogP contribution in [0.2, 0.25) is 0 Å². The lowest BCUT2D eigenvalue weighted by atomic mass is 9.85. The number of methoxy groups -OCH3 is 4. The van der Waals surface area contributed by atoms with Crippen molar-refractivity contribution in [2.24, 2.45) is 0 Å². The van der Waals surface area contributed by atoms with Gasteiger partial charge in [0.25, 0.3) is 0 Å². The first-order valence-electron chi connectivity index (χ1n) is 10.0. The Balaban J connectivity index is 2.28. The summed E-state index contributed by atoms with van der Waals surface area (Å²) in [6, 6.07) is 7.12. The van der Waals surface area contributed by atoms with E-state index in [-0.39, 0.29) is 22.3 Å². The molecule has 0 aliphatic heterocycles. The third-order valence-electron chi connectivity index (χ3n) is 5.64. The van der Waals surface area contributed by atoms with Crippen LogP contribution in [-0.2, 0) is 44.6 Å². The fourth-order valence-electron chi connectivity index (χ4n) is 4.09. The Morgan fingerprint density at radius 1 is 0.469 bits per heavy atom. The minimum atomic E-state index is -0.642. The zero-order valence-electron chi connectivity index (χ0n) is 18.4.